The van der Waals surface area contributed by atoms with Gasteiger partial charge in [-0.25, -0.2) is 31.1 Å². The van der Waals surface area contributed by atoms with E-state index in [0.717, 1.165) is 16.6 Å². The molecule has 1 fully saturated rings. The highest BCUT2D eigenvalue weighted by Crippen LogP contribution is 2.40. The van der Waals surface area contributed by atoms with Gasteiger partial charge in [0.25, 0.3) is 10.0 Å². The van der Waals surface area contributed by atoms with E-state index in [0.29, 0.717) is 24.5 Å². The van der Waals surface area contributed by atoms with Crippen molar-refractivity contribution >= 4 is 37.4 Å². The number of halogens is 3. The maximum absolute atomic E-state index is 13.8. The van der Waals surface area contributed by atoms with E-state index in [4.69, 9.17) is 0 Å². The maximum Gasteiger partial charge on any atom is 0.433 e. The van der Waals surface area contributed by atoms with E-state index in [-0.39, 0.29) is 28.8 Å². The van der Waals surface area contributed by atoms with Crippen molar-refractivity contribution in [1.82, 2.24) is 14.3 Å². The first-order chi connectivity index (χ1) is 18.3. The largest absolute Gasteiger partial charge is 0.433 e. The number of benzene rings is 2. The third-order valence-corrected chi connectivity index (χ3v) is 10.3. The van der Waals surface area contributed by atoms with Crippen molar-refractivity contribution in [1.29, 1.82) is 0 Å². The van der Waals surface area contributed by atoms with Gasteiger partial charge in [0.1, 0.15) is 5.69 Å². The quantitative estimate of drug-likeness (QED) is 0.452. The topological polar surface area (TPSA) is 107 Å². The second-order valence-corrected chi connectivity index (χ2v) is 13.3. The summed E-state index contributed by atoms with van der Waals surface area (Å²) in [5, 5.41) is 0. The number of hydrogen-bond acceptors (Lipinski definition) is 8. The molecular weight excluding hydrogens is 557 g/mol. The fraction of sp³-hybridized carbons (Fsp3) is 0.333. The van der Waals surface area contributed by atoms with Crippen molar-refractivity contribution in [2.24, 2.45) is 0 Å². The Balaban J connectivity index is 1.47. The molecular formula is C24H25F3N6O4S2. The lowest BCUT2D eigenvalue weighted by Gasteiger charge is -2.49. The van der Waals surface area contributed by atoms with Crippen LogP contribution in [0.4, 0.5) is 30.5 Å². The molecule has 15 heteroatoms. The Bertz CT molecular complexity index is 1600. The molecule has 0 N–H and O–H groups in total. The molecule has 3 aromatic rings. The Kier molecular flexibility index (Phi) is 6.71. The van der Waals surface area contributed by atoms with Gasteiger partial charge in [-0.2, -0.15) is 13.2 Å². The predicted octanol–water partition coefficient (Wildman–Crippen LogP) is 2.65. The molecule has 0 amide bonds. The molecule has 0 aliphatic carbocycles. The summed E-state index contributed by atoms with van der Waals surface area (Å²) in [5.74, 6) is -0.0737. The van der Waals surface area contributed by atoms with Gasteiger partial charge in [0, 0.05) is 39.9 Å². The normalized spacial score (nSPS) is 18.2. The first kappa shape index (κ1) is 27.1. The van der Waals surface area contributed by atoms with Crippen LogP contribution in [0.15, 0.2) is 70.6 Å². The van der Waals surface area contributed by atoms with Gasteiger partial charge in [-0.1, -0.05) is 12.1 Å². The molecule has 1 atom stereocenters. The molecule has 5 rings (SSSR count). The molecule has 0 radical (unpaired) electrons. The van der Waals surface area contributed by atoms with Gasteiger partial charge in [0.05, 0.1) is 33.8 Å². The van der Waals surface area contributed by atoms with Crippen molar-refractivity contribution in [3.63, 3.8) is 0 Å². The fourth-order valence-corrected chi connectivity index (χ4v) is 7.14. The summed E-state index contributed by atoms with van der Waals surface area (Å²) in [5.41, 5.74) is 0.0871. The maximum atomic E-state index is 13.8. The SMILES string of the molecule is CN(C)S(=O)(=O)c1ccc(S(=O)(=O)N2CC3CN(c4nccc(C(F)(F)F)n4)CCN3c3ccccc32)cc1. The number of anilines is 3. The predicted molar refractivity (Wildman–Crippen MR) is 139 cm³/mol. The molecule has 1 saturated heterocycles. The number of fused-ring (bicyclic) bond motifs is 3. The fourth-order valence-electron chi connectivity index (χ4n) is 4.73. The zero-order chi connectivity index (χ0) is 28.2. The first-order valence-electron chi connectivity index (χ1n) is 11.9. The Morgan fingerprint density at radius 3 is 2.15 bits per heavy atom. The van der Waals surface area contributed by atoms with Crippen LogP contribution < -0.4 is 14.1 Å². The van der Waals surface area contributed by atoms with Gasteiger partial charge in [0.15, 0.2) is 0 Å². The van der Waals surface area contributed by atoms with Crippen LogP contribution >= 0.6 is 0 Å². The molecule has 2 aromatic carbocycles. The molecule has 208 valence electrons. The van der Waals surface area contributed by atoms with Crippen LogP contribution in [0.3, 0.4) is 0 Å². The van der Waals surface area contributed by atoms with Crippen molar-refractivity contribution in [2.45, 2.75) is 22.0 Å². The lowest BCUT2D eigenvalue weighted by atomic mass is 10.1. The van der Waals surface area contributed by atoms with Crippen LogP contribution in [0.5, 0.6) is 0 Å². The smallest absolute Gasteiger partial charge is 0.361 e. The van der Waals surface area contributed by atoms with E-state index < -0.39 is 38.0 Å². The second-order valence-electron chi connectivity index (χ2n) is 9.32. The van der Waals surface area contributed by atoms with Crippen LogP contribution in [0, 0.1) is 0 Å². The molecule has 1 unspecified atom stereocenters. The Hall–Kier alpha value is -3.43. The number of aromatic nitrogens is 2. The van der Waals surface area contributed by atoms with Crippen LogP contribution in [0.1, 0.15) is 5.69 Å². The minimum absolute atomic E-state index is 0.0204. The van der Waals surface area contributed by atoms with E-state index in [1.165, 1.54) is 42.7 Å². The summed E-state index contributed by atoms with van der Waals surface area (Å²) in [6, 6.07) is 12.4. The molecule has 1 aromatic heterocycles. The number of rotatable bonds is 5. The van der Waals surface area contributed by atoms with Crippen molar-refractivity contribution in [2.75, 3.05) is 54.4 Å². The van der Waals surface area contributed by atoms with Crippen molar-refractivity contribution in [3.8, 4) is 0 Å². The molecule has 39 heavy (non-hydrogen) atoms. The third-order valence-electron chi connectivity index (χ3n) is 6.73. The van der Waals surface area contributed by atoms with E-state index in [9.17, 15) is 30.0 Å². The Labute approximate surface area is 224 Å². The van der Waals surface area contributed by atoms with Gasteiger partial charge in [0.2, 0.25) is 16.0 Å². The van der Waals surface area contributed by atoms with Gasteiger partial charge >= 0.3 is 6.18 Å². The van der Waals surface area contributed by atoms with Crippen LogP contribution in [0.2, 0.25) is 0 Å². The van der Waals surface area contributed by atoms with E-state index in [1.807, 2.05) is 4.90 Å². The monoisotopic (exact) mass is 582 g/mol. The molecule has 2 aliphatic rings. The summed E-state index contributed by atoms with van der Waals surface area (Å²) in [4.78, 5) is 11.3. The summed E-state index contributed by atoms with van der Waals surface area (Å²) >= 11 is 0. The molecule has 10 nitrogen and oxygen atoms in total. The zero-order valence-corrected chi connectivity index (χ0v) is 22.6. The summed E-state index contributed by atoms with van der Waals surface area (Å²) < 4.78 is 94.4. The number of para-hydroxylation sites is 2. The molecule has 2 aliphatic heterocycles. The number of hydrogen-bond donors (Lipinski definition) is 0. The molecule has 0 bridgehead atoms. The third kappa shape index (κ3) is 4.89. The van der Waals surface area contributed by atoms with Crippen molar-refractivity contribution in [3.05, 3.63) is 66.5 Å². The van der Waals surface area contributed by atoms with Crippen molar-refractivity contribution < 1.29 is 30.0 Å². The Morgan fingerprint density at radius 1 is 0.872 bits per heavy atom. The molecule has 0 saturated carbocycles. The summed E-state index contributed by atoms with van der Waals surface area (Å²) in [6.07, 6.45) is -3.56. The van der Waals surface area contributed by atoms with Gasteiger partial charge < -0.3 is 9.80 Å². The standard InChI is InChI=1S/C24H25F3N6O4S2/c1-30(2)38(34,35)18-7-9-19(10-8-18)39(36,37)33-16-17-15-31(23-28-12-11-22(29-23)24(25,26)27)13-14-32(17)20-5-3-4-6-21(20)33/h3-12,17H,13-16H2,1-2H3. The van der Waals surface area contributed by atoms with Crippen LogP contribution in [0.25, 0.3) is 0 Å². The van der Waals surface area contributed by atoms with Gasteiger partial charge in [-0.05, 0) is 42.5 Å². The summed E-state index contributed by atoms with van der Waals surface area (Å²) in [6.45, 7) is 0.987. The average Bonchev–Trinajstić information content (AvgIpc) is 2.91. The first-order valence-corrected chi connectivity index (χ1v) is 14.7. The zero-order valence-electron chi connectivity index (χ0n) is 20.9. The average molecular weight is 583 g/mol. The summed E-state index contributed by atoms with van der Waals surface area (Å²) in [7, 11) is -5.09. The lowest BCUT2D eigenvalue weighted by molar-refractivity contribution is -0.141. The highest BCUT2D eigenvalue weighted by atomic mass is 32.2. The number of alkyl halides is 3. The van der Waals surface area contributed by atoms with Crippen LogP contribution in [-0.4, -0.2) is 77.4 Å². The van der Waals surface area contributed by atoms with Crippen LogP contribution in [-0.2, 0) is 26.2 Å². The minimum atomic E-state index is -4.62. The minimum Gasteiger partial charge on any atom is -0.361 e. The highest BCUT2D eigenvalue weighted by Gasteiger charge is 2.41. The highest BCUT2D eigenvalue weighted by molar-refractivity contribution is 7.93. The van der Waals surface area contributed by atoms with E-state index in [2.05, 4.69) is 9.97 Å². The van der Waals surface area contributed by atoms with Gasteiger partial charge in [-0.3, -0.25) is 4.31 Å². The van der Waals surface area contributed by atoms with E-state index >= 15 is 0 Å². The number of sulfonamides is 2. The number of nitrogens with zero attached hydrogens (tertiary/aromatic N) is 6. The number of piperazine rings is 1. The lowest BCUT2D eigenvalue weighted by Crippen LogP contribution is -2.61. The van der Waals surface area contributed by atoms with E-state index in [1.54, 1.807) is 29.2 Å². The molecule has 0 spiro atoms. The Morgan fingerprint density at radius 2 is 1.51 bits per heavy atom. The second kappa shape index (κ2) is 9.64. The molecule has 3 heterocycles. The van der Waals surface area contributed by atoms with Gasteiger partial charge in [-0.15, -0.1) is 0 Å².